The number of carbonyl (C=O) groups excluding carboxylic acids is 1. The molecule has 0 radical (unpaired) electrons. The molecular formula is C21H20N4O. The summed E-state index contributed by atoms with van der Waals surface area (Å²) in [4.78, 5) is 23.4. The lowest BCUT2D eigenvalue weighted by molar-refractivity contribution is 0.0984. The Balaban J connectivity index is 1.59. The highest BCUT2D eigenvalue weighted by Gasteiger charge is 2.26. The predicted molar refractivity (Wildman–Crippen MR) is 103 cm³/mol. The fourth-order valence-corrected chi connectivity index (χ4v) is 3.30. The molecule has 0 atom stereocenters. The van der Waals surface area contributed by atoms with Crippen LogP contribution in [0, 0.1) is 13.8 Å². The highest BCUT2D eigenvalue weighted by molar-refractivity contribution is 6.06. The second-order valence-corrected chi connectivity index (χ2v) is 6.54. The van der Waals surface area contributed by atoms with Crippen LogP contribution in [-0.4, -0.2) is 22.4 Å². The van der Waals surface area contributed by atoms with Gasteiger partial charge in [-0.1, -0.05) is 35.9 Å². The standard InChI is InChI=1S/C21H20N4O/c1-14-7-8-17(15(2)13-14)23-21-22-11-9-18(24-21)20(26)25-12-10-16-5-3-4-6-19(16)25/h3-9,11,13H,10,12H2,1-2H3,(H,22,23,24). The number of carbonyl (C=O) groups is 1. The van der Waals surface area contributed by atoms with E-state index in [-0.39, 0.29) is 5.91 Å². The average Bonchev–Trinajstić information content (AvgIpc) is 3.08. The molecule has 0 aliphatic carbocycles. The van der Waals surface area contributed by atoms with Gasteiger partial charge in [0.15, 0.2) is 0 Å². The van der Waals surface area contributed by atoms with Gasteiger partial charge in [0.25, 0.3) is 5.91 Å². The maximum Gasteiger partial charge on any atom is 0.277 e. The van der Waals surface area contributed by atoms with Crippen molar-refractivity contribution >= 4 is 23.2 Å². The Morgan fingerprint density at radius 1 is 1.12 bits per heavy atom. The highest BCUT2D eigenvalue weighted by atomic mass is 16.2. The van der Waals surface area contributed by atoms with Crippen molar-refractivity contribution in [3.8, 4) is 0 Å². The van der Waals surface area contributed by atoms with Gasteiger partial charge in [0, 0.05) is 24.1 Å². The van der Waals surface area contributed by atoms with E-state index in [4.69, 9.17) is 0 Å². The van der Waals surface area contributed by atoms with Gasteiger partial charge in [-0.3, -0.25) is 4.79 Å². The van der Waals surface area contributed by atoms with Crippen molar-refractivity contribution in [1.82, 2.24) is 9.97 Å². The first-order valence-electron chi connectivity index (χ1n) is 8.69. The number of rotatable bonds is 3. The van der Waals surface area contributed by atoms with E-state index in [0.717, 1.165) is 23.4 Å². The van der Waals surface area contributed by atoms with Crippen molar-refractivity contribution in [2.45, 2.75) is 20.3 Å². The molecule has 0 fully saturated rings. The van der Waals surface area contributed by atoms with Crippen LogP contribution in [0.4, 0.5) is 17.3 Å². The number of hydrogen-bond donors (Lipinski definition) is 1. The van der Waals surface area contributed by atoms with Crippen molar-refractivity contribution in [2.24, 2.45) is 0 Å². The summed E-state index contributed by atoms with van der Waals surface area (Å²) < 4.78 is 0. The van der Waals surface area contributed by atoms with Crippen LogP contribution in [0.3, 0.4) is 0 Å². The molecular weight excluding hydrogens is 324 g/mol. The minimum Gasteiger partial charge on any atom is -0.324 e. The highest BCUT2D eigenvalue weighted by Crippen LogP contribution is 2.28. The summed E-state index contributed by atoms with van der Waals surface area (Å²) in [7, 11) is 0. The lowest BCUT2D eigenvalue weighted by Crippen LogP contribution is -2.29. The van der Waals surface area contributed by atoms with Gasteiger partial charge in [0.2, 0.25) is 5.95 Å². The van der Waals surface area contributed by atoms with Gasteiger partial charge in [0.05, 0.1) is 0 Å². The van der Waals surface area contributed by atoms with Gasteiger partial charge >= 0.3 is 0 Å². The zero-order valence-electron chi connectivity index (χ0n) is 14.9. The first-order chi connectivity index (χ1) is 12.6. The minimum absolute atomic E-state index is 0.0963. The number of benzene rings is 2. The number of nitrogens with one attached hydrogen (secondary N) is 1. The van der Waals surface area contributed by atoms with Crippen LogP contribution < -0.4 is 10.2 Å². The number of para-hydroxylation sites is 1. The Morgan fingerprint density at radius 3 is 2.81 bits per heavy atom. The van der Waals surface area contributed by atoms with Crippen molar-refractivity contribution < 1.29 is 4.79 Å². The SMILES string of the molecule is Cc1ccc(Nc2nccc(C(=O)N3CCc4ccccc43)n2)c(C)c1. The lowest BCUT2D eigenvalue weighted by Gasteiger charge is -2.17. The molecule has 0 saturated heterocycles. The van der Waals surface area contributed by atoms with Gasteiger partial charge in [-0.25, -0.2) is 9.97 Å². The van der Waals surface area contributed by atoms with Crippen LogP contribution >= 0.6 is 0 Å². The maximum absolute atomic E-state index is 12.9. The second-order valence-electron chi connectivity index (χ2n) is 6.54. The topological polar surface area (TPSA) is 58.1 Å². The Hall–Kier alpha value is -3.21. The number of amides is 1. The lowest BCUT2D eigenvalue weighted by atomic mass is 10.1. The van der Waals surface area contributed by atoms with Gasteiger partial charge in [-0.2, -0.15) is 0 Å². The minimum atomic E-state index is -0.0963. The summed E-state index contributed by atoms with van der Waals surface area (Å²) in [6, 6.07) is 15.8. The van der Waals surface area contributed by atoms with E-state index in [1.807, 2.05) is 37.3 Å². The summed E-state index contributed by atoms with van der Waals surface area (Å²) in [6.07, 6.45) is 2.49. The number of aryl methyl sites for hydroxylation is 2. The van der Waals surface area contributed by atoms with Crippen LogP contribution in [0.15, 0.2) is 54.7 Å². The van der Waals surface area contributed by atoms with Crippen LogP contribution in [-0.2, 0) is 6.42 Å². The monoisotopic (exact) mass is 344 g/mol. The Morgan fingerprint density at radius 2 is 1.96 bits per heavy atom. The summed E-state index contributed by atoms with van der Waals surface area (Å²) in [6.45, 7) is 4.77. The summed E-state index contributed by atoms with van der Waals surface area (Å²) >= 11 is 0. The number of nitrogens with zero attached hydrogens (tertiary/aromatic N) is 3. The van der Waals surface area contributed by atoms with E-state index < -0.39 is 0 Å². The third kappa shape index (κ3) is 3.04. The van der Waals surface area contributed by atoms with E-state index in [0.29, 0.717) is 18.2 Å². The normalized spacial score (nSPS) is 12.8. The molecule has 130 valence electrons. The van der Waals surface area contributed by atoms with Crippen molar-refractivity contribution in [2.75, 3.05) is 16.8 Å². The third-order valence-corrected chi connectivity index (χ3v) is 4.64. The summed E-state index contributed by atoms with van der Waals surface area (Å²) in [5.41, 5.74) is 5.81. The smallest absolute Gasteiger partial charge is 0.277 e. The number of anilines is 3. The maximum atomic E-state index is 12.9. The fraction of sp³-hybridized carbons (Fsp3) is 0.190. The predicted octanol–water partition coefficient (Wildman–Crippen LogP) is 4.04. The molecule has 4 rings (SSSR count). The largest absolute Gasteiger partial charge is 0.324 e. The fourth-order valence-electron chi connectivity index (χ4n) is 3.30. The molecule has 2 aromatic carbocycles. The first-order valence-corrected chi connectivity index (χ1v) is 8.69. The molecule has 3 aromatic rings. The molecule has 1 aliphatic heterocycles. The Bertz CT molecular complexity index is 983. The number of aromatic nitrogens is 2. The van der Waals surface area contributed by atoms with Crippen molar-refractivity contribution in [3.63, 3.8) is 0 Å². The third-order valence-electron chi connectivity index (χ3n) is 4.64. The van der Waals surface area contributed by atoms with Gasteiger partial charge in [0.1, 0.15) is 5.69 Å². The summed E-state index contributed by atoms with van der Waals surface area (Å²) in [5, 5.41) is 3.21. The molecule has 26 heavy (non-hydrogen) atoms. The van der Waals surface area contributed by atoms with E-state index >= 15 is 0 Å². The molecule has 0 unspecified atom stereocenters. The number of hydrogen-bond acceptors (Lipinski definition) is 4. The van der Waals surface area contributed by atoms with E-state index in [1.165, 1.54) is 11.1 Å². The molecule has 5 nitrogen and oxygen atoms in total. The van der Waals surface area contributed by atoms with Crippen molar-refractivity contribution in [3.05, 3.63) is 77.1 Å². The molecule has 0 saturated carbocycles. The Labute approximate surface area is 152 Å². The first kappa shape index (κ1) is 16.3. The van der Waals surface area contributed by atoms with Gasteiger partial charge < -0.3 is 10.2 Å². The Kier molecular flexibility index (Phi) is 4.13. The van der Waals surface area contributed by atoms with E-state index in [9.17, 15) is 4.79 Å². The van der Waals surface area contributed by atoms with Crippen LogP contribution in [0.25, 0.3) is 0 Å². The average molecular weight is 344 g/mol. The van der Waals surface area contributed by atoms with Crippen LogP contribution in [0.2, 0.25) is 0 Å². The molecule has 0 spiro atoms. The quantitative estimate of drug-likeness (QED) is 0.779. The summed E-state index contributed by atoms with van der Waals surface area (Å²) in [5.74, 6) is 0.330. The van der Waals surface area contributed by atoms with Crippen LogP contribution in [0.5, 0.6) is 0 Å². The molecule has 1 N–H and O–H groups in total. The van der Waals surface area contributed by atoms with Crippen molar-refractivity contribution in [1.29, 1.82) is 0 Å². The van der Waals surface area contributed by atoms with E-state index in [2.05, 4.69) is 34.3 Å². The van der Waals surface area contributed by atoms with Gasteiger partial charge in [-0.15, -0.1) is 0 Å². The molecule has 1 aromatic heterocycles. The van der Waals surface area contributed by atoms with E-state index in [1.54, 1.807) is 17.2 Å². The molecule has 5 heteroatoms. The molecule has 1 aliphatic rings. The molecule has 0 bridgehead atoms. The molecule has 2 heterocycles. The zero-order chi connectivity index (χ0) is 18.1. The number of fused-ring (bicyclic) bond motifs is 1. The second kappa shape index (κ2) is 6.59. The molecule has 1 amide bonds. The van der Waals surface area contributed by atoms with Crippen LogP contribution in [0.1, 0.15) is 27.2 Å². The van der Waals surface area contributed by atoms with Gasteiger partial charge in [-0.05, 0) is 49.6 Å². The zero-order valence-corrected chi connectivity index (χ0v) is 14.9.